The van der Waals surface area contributed by atoms with Crippen LogP contribution >= 0.6 is 0 Å². The number of likely N-dealkylation sites (tertiary alicyclic amines) is 1. The average Bonchev–Trinajstić information content (AvgIpc) is 2.69. The molecule has 1 atom stereocenters. The molecule has 0 bridgehead atoms. The molecule has 2 aromatic rings. The van der Waals surface area contributed by atoms with Crippen molar-refractivity contribution in [1.82, 2.24) is 4.90 Å². The van der Waals surface area contributed by atoms with E-state index in [9.17, 15) is 9.59 Å². The number of hydrogen-bond donors (Lipinski definition) is 2. The Bertz CT molecular complexity index is 764. The predicted molar refractivity (Wildman–Crippen MR) is 101 cm³/mol. The second-order valence-corrected chi connectivity index (χ2v) is 6.27. The van der Waals surface area contributed by atoms with E-state index >= 15 is 0 Å². The lowest BCUT2D eigenvalue weighted by molar-refractivity contribution is -0.121. The lowest BCUT2D eigenvalue weighted by atomic mass is 9.97. The van der Waals surface area contributed by atoms with Gasteiger partial charge in [0.15, 0.2) is 0 Å². The molecule has 26 heavy (non-hydrogen) atoms. The van der Waals surface area contributed by atoms with E-state index < -0.39 is 0 Å². The number of ether oxygens (including phenoxy) is 1. The summed E-state index contributed by atoms with van der Waals surface area (Å²) in [6.45, 7) is 1.04. The minimum Gasteiger partial charge on any atom is -0.495 e. The number of hydrogen-bond acceptors (Lipinski definition) is 3. The summed E-state index contributed by atoms with van der Waals surface area (Å²) >= 11 is 0. The Balaban J connectivity index is 1.60. The molecular weight excluding hydrogens is 330 g/mol. The number of amides is 3. The van der Waals surface area contributed by atoms with Crippen molar-refractivity contribution in [2.45, 2.75) is 12.8 Å². The third kappa shape index (κ3) is 4.33. The highest BCUT2D eigenvalue weighted by atomic mass is 16.5. The maximum absolute atomic E-state index is 12.6. The Morgan fingerprint density at radius 3 is 2.54 bits per heavy atom. The van der Waals surface area contributed by atoms with Crippen LogP contribution in [0.3, 0.4) is 0 Å². The summed E-state index contributed by atoms with van der Waals surface area (Å²) in [5.74, 6) is 0.342. The van der Waals surface area contributed by atoms with Crippen LogP contribution in [0.4, 0.5) is 16.2 Å². The molecule has 1 aliphatic rings. The quantitative estimate of drug-likeness (QED) is 0.883. The largest absolute Gasteiger partial charge is 0.495 e. The first-order chi connectivity index (χ1) is 12.7. The van der Waals surface area contributed by atoms with Gasteiger partial charge in [-0.15, -0.1) is 0 Å². The molecule has 1 heterocycles. The molecule has 3 amide bonds. The number of nitrogens with one attached hydrogen (secondary N) is 2. The van der Waals surface area contributed by atoms with E-state index in [1.807, 2.05) is 42.5 Å². The van der Waals surface area contributed by atoms with Gasteiger partial charge < -0.3 is 20.3 Å². The van der Waals surface area contributed by atoms with Gasteiger partial charge in [-0.25, -0.2) is 4.79 Å². The fourth-order valence-electron chi connectivity index (χ4n) is 3.08. The van der Waals surface area contributed by atoms with Crippen LogP contribution in [-0.2, 0) is 4.79 Å². The topological polar surface area (TPSA) is 70.7 Å². The molecule has 0 spiro atoms. The van der Waals surface area contributed by atoms with Crippen molar-refractivity contribution in [3.8, 4) is 5.75 Å². The van der Waals surface area contributed by atoms with Crippen molar-refractivity contribution in [1.29, 1.82) is 0 Å². The van der Waals surface area contributed by atoms with Crippen LogP contribution < -0.4 is 15.4 Å². The Morgan fingerprint density at radius 2 is 1.77 bits per heavy atom. The van der Waals surface area contributed by atoms with Gasteiger partial charge in [0.05, 0.1) is 18.7 Å². The standard InChI is InChI=1S/C20H23N3O3/c1-26-18-12-6-5-11-17(18)22-20(25)23-13-7-8-15(14-23)19(24)21-16-9-3-2-4-10-16/h2-6,9-12,15H,7-8,13-14H2,1H3,(H,21,24)(H,22,25). The highest BCUT2D eigenvalue weighted by Crippen LogP contribution is 2.25. The van der Waals surface area contributed by atoms with Gasteiger partial charge in [0.1, 0.15) is 5.75 Å². The van der Waals surface area contributed by atoms with E-state index in [4.69, 9.17) is 4.74 Å². The molecular formula is C20H23N3O3. The van der Waals surface area contributed by atoms with Crippen LogP contribution in [0, 0.1) is 5.92 Å². The molecule has 3 rings (SSSR count). The van der Waals surface area contributed by atoms with E-state index in [1.54, 1.807) is 24.1 Å². The number of benzene rings is 2. The highest BCUT2D eigenvalue weighted by Gasteiger charge is 2.28. The molecule has 2 aromatic carbocycles. The SMILES string of the molecule is COc1ccccc1NC(=O)N1CCCC(C(=O)Nc2ccccc2)C1. The zero-order chi connectivity index (χ0) is 18.4. The Morgan fingerprint density at radius 1 is 1.04 bits per heavy atom. The Labute approximate surface area is 153 Å². The lowest BCUT2D eigenvalue weighted by Crippen LogP contribution is -2.45. The first kappa shape index (κ1) is 17.8. The number of para-hydroxylation sites is 3. The number of piperidine rings is 1. The van der Waals surface area contributed by atoms with E-state index in [2.05, 4.69) is 10.6 Å². The number of carbonyl (C=O) groups is 2. The number of carbonyl (C=O) groups excluding carboxylic acids is 2. The van der Waals surface area contributed by atoms with Gasteiger partial charge in [-0.2, -0.15) is 0 Å². The van der Waals surface area contributed by atoms with Gasteiger partial charge >= 0.3 is 6.03 Å². The molecule has 2 N–H and O–H groups in total. The summed E-state index contributed by atoms with van der Waals surface area (Å²) < 4.78 is 5.26. The first-order valence-corrected chi connectivity index (χ1v) is 8.72. The van der Waals surface area contributed by atoms with Crippen molar-refractivity contribution < 1.29 is 14.3 Å². The number of anilines is 2. The van der Waals surface area contributed by atoms with Crippen LogP contribution in [-0.4, -0.2) is 37.0 Å². The summed E-state index contributed by atoms with van der Waals surface area (Å²) in [5, 5.41) is 5.79. The van der Waals surface area contributed by atoms with Crippen LogP contribution in [0.5, 0.6) is 5.75 Å². The van der Waals surface area contributed by atoms with Crippen LogP contribution in [0.1, 0.15) is 12.8 Å². The van der Waals surface area contributed by atoms with Gasteiger partial charge in [-0.3, -0.25) is 4.79 Å². The van der Waals surface area contributed by atoms with E-state index in [0.29, 0.717) is 24.5 Å². The second kappa shape index (κ2) is 8.38. The van der Waals surface area contributed by atoms with Gasteiger partial charge in [0, 0.05) is 18.8 Å². The molecule has 0 radical (unpaired) electrons. The molecule has 0 aromatic heterocycles. The minimum absolute atomic E-state index is 0.0500. The zero-order valence-electron chi connectivity index (χ0n) is 14.8. The van der Waals surface area contributed by atoms with E-state index in [1.165, 1.54) is 0 Å². The predicted octanol–water partition coefficient (Wildman–Crippen LogP) is 3.58. The van der Waals surface area contributed by atoms with Crippen molar-refractivity contribution in [2.75, 3.05) is 30.8 Å². The maximum atomic E-state index is 12.6. The lowest BCUT2D eigenvalue weighted by Gasteiger charge is -2.32. The molecule has 6 nitrogen and oxygen atoms in total. The van der Waals surface area contributed by atoms with Crippen molar-refractivity contribution in [2.24, 2.45) is 5.92 Å². The van der Waals surface area contributed by atoms with Gasteiger partial charge in [0.2, 0.25) is 5.91 Å². The average molecular weight is 353 g/mol. The normalized spacial score (nSPS) is 16.7. The van der Waals surface area contributed by atoms with Gasteiger partial charge in [0.25, 0.3) is 0 Å². The fraction of sp³-hybridized carbons (Fsp3) is 0.300. The monoisotopic (exact) mass is 353 g/mol. The molecule has 1 unspecified atom stereocenters. The number of urea groups is 1. The number of nitrogens with zero attached hydrogens (tertiary/aromatic N) is 1. The smallest absolute Gasteiger partial charge is 0.321 e. The van der Waals surface area contributed by atoms with Gasteiger partial charge in [-0.1, -0.05) is 30.3 Å². The summed E-state index contributed by atoms with van der Waals surface area (Å²) in [7, 11) is 1.57. The van der Waals surface area contributed by atoms with Crippen molar-refractivity contribution in [3.05, 3.63) is 54.6 Å². The van der Waals surface area contributed by atoms with E-state index in [-0.39, 0.29) is 17.9 Å². The molecule has 136 valence electrons. The Hall–Kier alpha value is -3.02. The summed E-state index contributed by atoms with van der Waals surface area (Å²) in [6, 6.07) is 16.4. The fourth-order valence-corrected chi connectivity index (χ4v) is 3.08. The Kier molecular flexibility index (Phi) is 5.73. The molecule has 1 saturated heterocycles. The highest BCUT2D eigenvalue weighted by molar-refractivity contribution is 5.94. The minimum atomic E-state index is -0.216. The van der Waals surface area contributed by atoms with E-state index in [0.717, 1.165) is 18.5 Å². The van der Waals surface area contributed by atoms with Crippen molar-refractivity contribution >= 4 is 23.3 Å². The molecule has 1 fully saturated rings. The first-order valence-electron chi connectivity index (χ1n) is 8.72. The molecule has 1 aliphatic heterocycles. The molecule has 6 heteroatoms. The van der Waals surface area contributed by atoms with Crippen LogP contribution in [0.15, 0.2) is 54.6 Å². The summed E-state index contributed by atoms with van der Waals surface area (Å²) in [6.07, 6.45) is 1.57. The summed E-state index contributed by atoms with van der Waals surface area (Å²) in [4.78, 5) is 26.8. The number of methoxy groups -OCH3 is 1. The second-order valence-electron chi connectivity index (χ2n) is 6.27. The van der Waals surface area contributed by atoms with Crippen LogP contribution in [0.2, 0.25) is 0 Å². The number of rotatable bonds is 4. The van der Waals surface area contributed by atoms with Crippen LogP contribution in [0.25, 0.3) is 0 Å². The van der Waals surface area contributed by atoms with Gasteiger partial charge in [-0.05, 0) is 37.1 Å². The van der Waals surface area contributed by atoms with Crippen molar-refractivity contribution in [3.63, 3.8) is 0 Å². The zero-order valence-corrected chi connectivity index (χ0v) is 14.8. The third-order valence-corrected chi connectivity index (χ3v) is 4.47. The molecule has 0 saturated carbocycles. The summed E-state index contributed by atoms with van der Waals surface area (Å²) in [5.41, 5.74) is 1.39. The maximum Gasteiger partial charge on any atom is 0.321 e. The molecule has 0 aliphatic carbocycles. The third-order valence-electron chi connectivity index (χ3n) is 4.47.